The molecule has 1 radical (unpaired) electrons. The summed E-state index contributed by atoms with van der Waals surface area (Å²) in [6.07, 6.45) is 4.44. The molecule has 2 atom stereocenters. The SMILES string of the molecule is CCCC(=NOCC(C)Oc1ccc(Cl)cc1)C1C(=O)CC(C2CCCSC2)CC1=O.[Li]. The first kappa shape index (κ1) is 27.3. The van der Waals surface area contributed by atoms with Crippen LogP contribution in [0.3, 0.4) is 0 Å². The van der Waals surface area contributed by atoms with Gasteiger partial charge in [0.15, 0.2) is 6.61 Å². The maximum Gasteiger partial charge on any atom is 0.153 e. The number of rotatable bonds is 9. The van der Waals surface area contributed by atoms with Crippen LogP contribution in [0.2, 0.25) is 5.02 Å². The fourth-order valence-corrected chi connectivity index (χ4v) is 5.76. The molecule has 2 aliphatic rings. The minimum atomic E-state index is -0.736. The van der Waals surface area contributed by atoms with E-state index >= 15 is 0 Å². The molecule has 1 saturated carbocycles. The van der Waals surface area contributed by atoms with E-state index in [9.17, 15) is 9.59 Å². The molecule has 1 saturated heterocycles. The Morgan fingerprint density at radius 1 is 1.19 bits per heavy atom. The molecule has 5 nitrogen and oxygen atoms in total. The van der Waals surface area contributed by atoms with Crippen LogP contribution in [0.4, 0.5) is 0 Å². The monoisotopic (exact) mass is 472 g/mol. The molecule has 0 bridgehead atoms. The fraction of sp³-hybridized carbons (Fsp3) is 0.625. The summed E-state index contributed by atoms with van der Waals surface area (Å²) >= 11 is 7.84. The van der Waals surface area contributed by atoms with Gasteiger partial charge in [0.2, 0.25) is 0 Å². The van der Waals surface area contributed by atoms with Gasteiger partial charge in [0, 0.05) is 36.7 Å². The molecule has 0 amide bonds. The van der Waals surface area contributed by atoms with Gasteiger partial charge in [-0.3, -0.25) is 9.59 Å². The van der Waals surface area contributed by atoms with Gasteiger partial charge in [-0.15, -0.1) is 0 Å². The van der Waals surface area contributed by atoms with Crippen LogP contribution in [0.1, 0.15) is 52.4 Å². The van der Waals surface area contributed by atoms with Gasteiger partial charge in [0.25, 0.3) is 0 Å². The number of carbonyl (C=O) groups excluding carboxylic acids is 2. The Kier molecular flexibility index (Phi) is 11.7. The Morgan fingerprint density at radius 2 is 1.88 bits per heavy atom. The molecular weight excluding hydrogens is 441 g/mol. The number of carbonyl (C=O) groups is 2. The standard InChI is InChI=1S/C24H32ClNO4S.Li/c1-3-5-21(26-29-14-16(2)30-20-9-7-19(25)8-10-20)24-22(27)12-18(13-23(24)28)17-6-4-11-31-15-17;/h7-10,16-18,24H,3-6,11-15H2,1-2H3;. The first-order valence-electron chi connectivity index (χ1n) is 11.2. The third-order valence-corrected chi connectivity index (χ3v) is 7.41. The first-order chi connectivity index (χ1) is 15.0. The van der Waals surface area contributed by atoms with Gasteiger partial charge in [0.05, 0.1) is 5.71 Å². The molecule has 1 aliphatic heterocycles. The predicted octanol–water partition coefficient (Wildman–Crippen LogP) is 5.21. The van der Waals surface area contributed by atoms with Crippen molar-refractivity contribution in [3.8, 4) is 5.75 Å². The van der Waals surface area contributed by atoms with Crippen LogP contribution >= 0.6 is 23.4 Å². The van der Waals surface area contributed by atoms with E-state index in [2.05, 4.69) is 5.16 Å². The fourth-order valence-electron chi connectivity index (χ4n) is 4.35. The Morgan fingerprint density at radius 3 is 2.47 bits per heavy atom. The average Bonchev–Trinajstić information content (AvgIpc) is 2.75. The Labute approximate surface area is 212 Å². The second-order valence-electron chi connectivity index (χ2n) is 8.52. The molecule has 8 heteroatoms. The molecule has 0 N–H and O–H groups in total. The van der Waals surface area contributed by atoms with Crippen LogP contribution in [-0.2, 0) is 14.4 Å². The molecule has 1 heterocycles. The van der Waals surface area contributed by atoms with Crippen molar-refractivity contribution < 1.29 is 19.2 Å². The Hall–Kier alpha value is -0.933. The van der Waals surface area contributed by atoms with Crippen molar-refractivity contribution in [3.05, 3.63) is 29.3 Å². The van der Waals surface area contributed by atoms with E-state index in [4.69, 9.17) is 21.2 Å². The molecule has 2 fully saturated rings. The van der Waals surface area contributed by atoms with Crippen LogP contribution in [0.25, 0.3) is 0 Å². The molecular formula is C24H32ClLiNO4S. The van der Waals surface area contributed by atoms with E-state index in [0.29, 0.717) is 41.7 Å². The number of ketones is 2. The summed E-state index contributed by atoms with van der Waals surface area (Å²) in [6.45, 7) is 4.13. The third kappa shape index (κ3) is 7.83. The van der Waals surface area contributed by atoms with Gasteiger partial charge in [-0.25, -0.2) is 0 Å². The Bertz CT molecular complexity index is 765. The predicted molar refractivity (Wildman–Crippen MR) is 132 cm³/mol. The van der Waals surface area contributed by atoms with Crippen molar-refractivity contribution in [1.82, 2.24) is 0 Å². The topological polar surface area (TPSA) is 65.0 Å². The van der Waals surface area contributed by atoms with E-state index in [1.165, 1.54) is 12.2 Å². The van der Waals surface area contributed by atoms with Gasteiger partial charge in [-0.1, -0.05) is 30.1 Å². The summed E-state index contributed by atoms with van der Waals surface area (Å²) in [6, 6.07) is 7.12. The van der Waals surface area contributed by atoms with Crippen molar-refractivity contribution in [1.29, 1.82) is 0 Å². The molecule has 1 aromatic rings. The summed E-state index contributed by atoms with van der Waals surface area (Å²) in [7, 11) is 0. The van der Waals surface area contributed by atoms with Crippen molar-refractivity contribution in [2.24, 2.45) is 22.9 Å². The molecule has 3 rings (SSSR count). The summed E-state index contributed by atoms with van der Waals surface area (Å²) in [4.78, 5) is 31.4. The zero-order valence-electron chi connectivity index (χ0n) is 19.3. The number of hydrogen-bond donors (Lipinski definition) is 0. The number of halogens is 1. The summed E-state index contributed by atoms with van der Waals surface area (Å²) < 4.78 is 5.79. The number of hydrogen-bond acceptors (Lipinski definition) is 6. The summed E-state index contributed by atoms with van der Waals surface area (Å²) in [5.41, 5.74) is 0.563. The molecule has 32 heavy (non-hydrogen) atoms. The molecule has 2 unspecified atom stereocenters. The largest absolute Gasteiger partial charge is 0.487 e. The quantitative estimate of drug-likeness (QED) is 0.214. The smallest absolute Gasteiger partial charge is 0.153 e. The molecule has 1 aromatic carbocycles. The number of nitrogens with zero attached hydrogens (tertiary/aromatic N) is 1. The molecule has 0 aromatic heterocycles. The number of Topliss-reactive ketones (excluding diaryl/α,β-unsaturated/α-hetero) is 2. The van der Waals surface area contributed by atoms with Crippen molar-refractivity contribution in [2.45, 2.75) is 58.5 Å². The third-order valence-electron chi connectivity index (χ3n) is 5.91. The van der Waals surface area contributed by atoms with Crippen LogP contribution in [0, 0.1) is 17.8 Å². The molecule has 1 aliphatic carbocycles. The number of oxime groups is 1. The van der Waals surface area contributed by atoms with Crippen molar-refractivity contribution in [2.75, 3.05) is 18.1 Å². The normalized spacial score (nSPS) is 25.1. The zero-order chi connectivity index (χ0) is 22.2. The number of thioether (sulfide) groups is 1. The van der Waals surface area contributed by atoms with Crippen LogP contribution < -0.4 is 4.74 Å². The minimum Gasteiger partial charge on any atom is -0.487 e. The first-order valence-corrected chi connectivity index (χ1v) is 12.7. The Balaban J connectivity index is 0.00000363. The zero-order valence-corrected chi connectivity index (χ0v) is 20.9. The summed E-state index contributed by atoms with van der Waals surface area (Å²) in [5.74, 6) is 2.93. The summed E-state index contributed by atoms with van der Waals surface area (Å²) in [5, 5.41) is 4.89. The maximum absolute atomic E-state index is 12.9. The maximum atomic E-state index is 12.9. The van der Waals surface area contributed by atoms with Gasteiger partial charge < -0.3 is 9.57 Å². The van der Waals surface area contributed by atoms with Crippen molar-refractivity contribution in [3.63, 3.8) is 0 Å². The van der Waals surface area contributed by atoms with Gasteiger partial charge in [-0.2, -0.15) is 11.8 Å². The van der Waals surface area contributed by atoms with E-state index < -0.39 is 5.92 Å². The van der Waals surface area contributed by atoms with Crippen LogP contribution in [0.5, 0.6) is 5.75 Å². The van der Waals surface area contributed by atoms with E-state index in [0.717, 1.165) is 18.6 Å². The van der Waals surface area contributed by atoms with Crippen LogP contribution in [0.15, 0.2) is 29.4 Å². The average molecular weight is 473 g/mol. The van der Waals surface area contributed by atoms with E-state index in [1.54, 1.807) is 24.3 Å². The second kappa shape index (κ2) is 13.7. The number of benzene rings is 1. The van der Waals surface area contributed by atoms with Gasteiger partial charge >= 0.3 is 0 Å². The number of ether oxygens (including phenoxy) is 1. The van der Waals surface area contributed by atoms with E-state index in [-0.39, 0.29) is 49.1 Å². The molecule has 171 valence electrons. The van der Waals surface area contributed by atoms with Crippen molar-refractivity contribution >= 4 is 59.5 Å². The second-order valence-corrected chi connectivity index (χ2v) is 10.1. The van der Waals surface area contributed by atoms with Crippen LogP contribution in [-0.4, -0.2) is 60.4 Å². The van der Waals surface area contributed by atoms with E-state index in [1.807, 2.05) is 25.6 Å². The van der Waals surface area contributed by atoms with Gasteiger partial charge in [-0.05, 0) is 73.8 Å². The molecule has 0 spiro atoms. The van der Waals surface area contributed by atoms with Gasteiger partial charge in [0.1, 0.15) is 29.3 Å². The minimum absolute atomic E-state index is 0.